The van der Waals surface area contributed by atoms with Gasteiger partial charge in [0.1, 0.15) is 6.61 Å². The molecule has 2 aromatic carbocycles. The fourth-order valence-electron chi connectivity index (χ4n) is 2.59. The van der Waals surface area contributed by atoms with E-state index in [2.05, 4.69) is 4.72 Å². The van der Waals surface area contributed by atoms with Crippen LogP contribution < -0.4 is 14.2 Å². The van der Waals surface area contributed by atoms with Gasteiger partial charge in [-0.05, 0) is 43.3 Å². The molecule has 0 saturated carbocycles. The largest absolute Gasteiger partial charge is 0.485 e. The number of benzene rings is 2. The quantitative estimate of drug-likeness (QED) is 0.578. The highest BCUT2D eigenvalue weighted by Crippen LogP contribution is 2.31. The highest BCUT2D eigenvalue weighted by atomic mass is 32.2. The number of hydrogen-bond donors (Lipinski definition) is 1. The predicted octanol–water partition coefficient (Wildman–Crippen LogP) is 2.01. The molecule has 148 valence electrons. The van der Waals surface area contributed by atoms with Gasteiger partial charge < -0.3 is 14.2 Å². The number of carbonyl (C=O) groups is 2. The molecule has 8 nitrogen and oxygen atoms in total. The fourth-order valence-corrected chi connectivity index (χ4v) is 3.15. The summed E-state index contributed by atoms with van der Waals surface area (Å²) in [7, 11) is -3.41. The second-order valence-corrected chi connectivity index (χ2v) is 8.01. The van der Waals surface area contributed by atoms with Crippen molar-refractivity contribution >= 4 is 27.5 Å². The van der Waals surface area contributed by atoms with Crippen molar-refractivity contribution in [2.45, 2.75) is 19.1 Å². The highest BCUT2D eigenvalue weighted by molar-refractivity contribution is 7.92. The summed E-state index contributed by atoms with van der Waals surface area (Å²) in [4.78, 5) is 24.8. The third-order valence-electron chi connectivity index (χ3n) is 3.91. The fraction of sp³-hybridized carbons (Fsp3) is 0.263. The first-order valence-corrected chi connectivity index (χ1v) is 10.3. The van der Waals surface area contributed by atoms with Crippen molar-refractivity contribution in [1.29, 1.82) is 0 Å². The van der Waals surface area contributed by atoms with Crippen molar-refractivity contribution in [2.24, 2.45) is 0 Å². The van der Waals surface area contributed by atoms with Crippen LogP contribution in [0, 0.1) is 0 Å². The first-order valence-electron chi connectivity index (χ1n) is 8.44. The van der Waals surface area contributed by atoms with Gasteiger partial charge in [0.05, 0.1) is 6.26 Å². The van der Waals surface area contributed by atoms with Crippen LogP contribution in [0.25, 0.3) is 0 Å². The van der Waals surface area contributed by atoms with Gasteiger partial charge in [-0.15, -0.1) is 0 Å². The number of anilines is 1. The van der Waals surface area contributed by atoms with E-state index in [1.807, 2.05) is 0 Å². The predicted molar refractivity (Wildman–Crippen MR) is 101 cm³/mol. The molecule has 0 amide bonds. The maximum Gasteiger partial charge on any atom is 0.351 e. The number of Topliss-reactive ketones (excluding diaryl/α,β-unsaturated/α-hetero) is 1. The molecule has 0 saturated heterocycles. The molecule has 0 aliphatic carbocycles. The molecule has 3 rings (SSSR count). The van der Waals surface area contributed by atoms with Gasteiger partial charge in [0, 0.05) is 11.3 Å². The molecule has 0 spiro atoms. The van der Waals surface area contributed by atoms with Gasteiger partial charge in [0.15, 0.2) is 17.6 Å². The lowest BCUT2D eigenvalue weighted by atomic mass is 10.1. The van der Waals surface area contributed by atoms with Crippen LogP contribution >= 0.6 is 0 Å². The van der Waals surface area contributed by atoms with Gasteiger partial charge in [-0.1, -0.05) is 12.1 Å². The van der Waals surface area contributed by atoms with Crippen LogP contribution in [0.3, 0.4) is 0 Å². The number of fused-ring (bicyclic) bond motifs is 1. The van der Waals surface area contributed by atoms with E-state index < -0.39 is 34.0 Å². The molecule has 0 unspecified atom stereocenters. The summed E-state index contributed by atoms with van der Waals surface area (Å²) in [5.41, 5.74) is 0.612. The van der Waals surface area contributed by atoms with E-state index in [0.717, 1.165) is 6.26 Å². The Balaban J connectivity index is 1.60. The van der Waals surface area contributed by atoms with E-state index in [1.54, 1.807) is 24.3 Å². The van der Waals surface area contributed by atoms with Crippen LogP contribution in [0.1, 0.15) is 17.3 Å². The lowest BCUT2D eigenvalue weighted by molar-refractivity contribution is -0.157. The molecule has 1 heterocycles. The van der Waals surface area contributed by atoms with Crippen molar-refractivity contribution in [1.82, 2.24) is 0 Å². The van der Waals surface area contributed by atoms with Gasteiger partial charge in [0.25, 0.3) is 0 Å². The number of esters is 1. The SMILES string of the molecule is C[C@@H](OC(=O)[C@H]1COc2ccccc2O1)C(=O)c1ccc(NS(C)(=O)=O)cc1. The van der Waals surface area contributed by atoms with Crippen LogP contribution in [0.5, 0.6) is 11.5 Å². The number of carbonyl (C=O) groups excluding carboxylic acids is 2. The van der Waals surface area contributed by atoms with E-state index in [0.29, 0.717) is 17.2 Å². The van der Waals surface area contributed by atoms with Crippen LogP contribution in [0.15, 0.2) is 48.5 Å². The summed E-state index contributed by atoms with van der Waals surface area (Å²) >= 11 is 0. The molecule has 1 aliphatic heterocycles. The molecule has 9 heteroatoms. The zero-order chi connectivity index (χ0) is 20.3. The summed E-state index contributed by atoms with van der Waals surface area (Å²) in [6, 6.07) is 12.8. The van der Waals surface area contributed by atoms with Crippen molar-refractivity contribution < 1.29 is 32.2 Å². The first-order chi connectivity index (χ1) is 13.2. The number of para-hydroxylation sites is 2. The minimum atomic E-state index is -3.41. The minimum Gasteiger partial charge on any atom is -0.485 e. The number of ketones is 1. The topological polar surface area (TPSA) is 108 Å². The maximum absolute atomic E-state index is 12.5. The number of nitrogens with one attached hydrogen (secondary N) is 1. The Bertz CT molecular complexity index is 986. The number of rotatable bonds is 6. The van der Waals surface area contributed by atoms with Gasteiger partial charge in [-0.25, -0.2) is 13.2 Å². The molecule has 1 aliphatic rings. The monoisotopic (exact) mass is 405 g/mol. The van der Waals surface area contributed by atoms with Crippen molar-refractivity contribution in [3.63, 3.8) is 0 Å². The van der Waals surface area contributed by atoms with Crippen molar-refractivity contribution in [3.05, 3.63) is 54.1 Å². The Morgan fingerprint density at radius 1 is 1.11 bits per heavy atom. The lowest BCUT2D eigenvalue weighted by Gasteiger charge is -2.25. The third kappa shape index (κ3) is 4.80. The molecule has 0 aromatic heterocycles. The summed E-state index contributed by atoms with van der Waals surface area (Å²) in [5, 5.41) is 0. The molecule has 0 radical (unpaired) electrons. The average Bonchev–Trinajstić information content (AvgIpc) is 2.66. The van der Waals surface area contributed by atoms with E-state index in [4.69, 9.17) is 14.2 Å². The smallest absolute Gasteiger partial charge is 0.351 e. The summed E-state index contributed by atoms with van der Waals surface area (Å²) < 4.78 is 41.0. The Labute approximate surface area is 162 Å². The molecule has 0 fully saturated rings. The van der Waals surface area contributed by atoms with Gasteiger partial charge in [-0.3, -0.25) is 9.52 Å². The molecular formula is C19H19NO7S. The number of ether oxygens (including phenoxy) is 3. The summed E-state index contributed by atoms with van der Waals surface area (Å²) in [6.07, 6.45) is -0.975. The van der Waals surface area contributed by atoms with Crippen molar-refractivity contribution in [2.75, 3.05) is 17.6 Å². The molecule has 28 heavy (non-hydrogen) atoms. The summed E-state index contributed by atoms with van der Waals surface area (Å²) in [5.74, 6) is -0.149. The van der Waals surface area contributed by atoms with Crippen LogP contribution in [-0.4, -0.2) is 45.2 Å². The van der Waals surface area contributed by atoms with Gasteiger partial charge in [-0.2, -0.15) is 0 Å². The molecule has 2 atom stereocenters. The maximum atomic E-state index is 12.5. The van der Waals surface area contributed by atoms with Crippen LogP contribution in [-0.2, 0) is 19.6 Å². The zero-order valence-corrected chi connectivity index (χ0v) is 16.1. The van der Waals surface area contributed by atoms with Gasteiger partial charge in [0.2, 0.25) is 21.9 Å². The zero-order valence-electron chi connectivity index (χ0n) is 15.2. The Morgan fingerprint density at radius 2 is 1.75 bits per heavy atom. The Kier molecular flexibility index (Phi) is 5.55. The average molecular weight is 405 g/mol. The Hall–Kier alpha value is -3.07. The van der Waals surface area contributed by atoms with E-state index in [9.17, 15) is 18.0 Å². The second-order valence-electron chi connectivity index (χ2n) is 6.26. The van der Waals surface area contributed by atoms with E-state index >= 15 is 0 Å². The standard InChI is InChI=1S/C19H19NO7S/c1-12(18(21)13-7-9-14(10-8-13)20-28(2,23)24)26-19(22)17-11-25-15-5-3-4-6-16(15)27-17/h3-10,12,17,20H,11H2,1-2H3/t12-,17-/m1/s1. The third-order valence-corrected chi connectivity index (χ3v) is 4.51. The van der Waals surface area contributed by atoms with Crippen LogP contribution in [0.4, 0.5) is 5.69 Å². The number of sulfonamides is 1. The van der Waals surface area contributed by atoms with Gasteiger partial charge >= 0.3 is 5.97 Å². The summed E-state index contributed by atoms with van der Waals surface area (Å²) in [6.45, 7) is 1.45. The van der Waals surface area contributed by atoms with Crippen molar-refractivity contribution in [3.8, 4) is 11.5 Å². The van der Waals surface area contributed by atoms with E-state index in [-0.39, 0.29) is 12.2 Å². The first kappa shape index (κ1) is 19.7. The lowest BCUT2D eigenvalue weighted by Crippen LogP contribution is -2.40. The highest BCUT2D eigenvalue weighted by Gasteiger charge is 2.31. The number of hydrogen-bond acceptors (Lipinski definition) is 7. The molecule has 1 N–H and O–H groups in total. The Morgan fingerprint density at radius 3 is 2.39 bits per heavy atom. The second kappa shape index (κ2) is 7.89. The normalized spacial score (nSPS) is 16.7. The molecular weight excluding hydrogens is 386 g/mol. The van der Waals surface area contributed by atoms with E-state index in [1.165, 1.54) is 31.2 Å². The molecule has 2 aromatic rings. The molecule has 0 bridgehead atoms. The minimum absolute atomic E-state index is 0.0113. The van der Waals surface area contributed by atoms with Crippen LogP contribution in [0.2, 0.25) is 0 Å².